The molecule has 0 aliphatic rings. The van der Waals surface area contributed by atoms with Crippen molar-refractivity contribution in [3.8, 4) is 0 Å². The summed E-state index contributed by atoms with van der Waals surface area (Å²) in [5.74, 6) is 0. The van der Waals surface area contributed by atoms with Gasteiger partial charge in [0.2, 0.25) is 0 Å². The van der Waals surface area contributed by atoms with Crippen molar-refractivity contribution < 1.29 is 13.2 Å². The van der Waals surface area contributed by atoms with Crippen LogP contribution in [0.1, 0.15) is 6.42 Å². The number of hydrogen-bond donors (Lipinski definition) is 0. The topological polar surface area (TPSA) is 0 Å². The van der Waals surface area contributed by atoms with Crippen molar-refractivity contribution in [2.75, 3.05) is 4.43 Å². The molecule has 0 aliphatic carbocycles. The fraction of sp³-hybridized carbons (Fsp3) is 1.00. The Bertz CT molecular complexity index is 112. The van der Waals surface area contributed by atoms with Crippen molar-refractivity contribution >= 4 is 45.8 Å². The van der Waals surface area contributed by atoms with Gasteiger partial charge in [0.1, 0.15) is 0 Å². The molecule has 0 radical (unpaired) electrons. The Morgan fingerprint density at radius 3 is 1.70 bits per heavy atom. The van der Waals surface area contributed by atoms with E-state index in [-0.39, 0.29) is 4.43 Å². The van der Waals surface area contributed by atoms with Crippen LogP contribution in [0.2, 0.25) is 0 Å². The molecule has 0 bridgehead atoms. The fourth-order valence-electron chi connectivity index (χ4n) is 0.260. The van der Waals surface area contributed by atoms with Gasteiger partial charge in [-0.25, -0.2) is 4.39 Å². The SMILES string of the molecule is FC(F)(Cl)[C@](F)(Cl)CCI. The molecule has 0 aromatic heterocycles. The molecule has 0 unspecified atom stereocenters. The maximum atomic E-state index is 12.5. The molecule has 0 aromatic rings. The van der Waals surface area contributed by atoms with E-state index in [1.807, 2.05) is 0 Å². The Kier molecular flexibility index (Phi) is 4.07. The van der Waals surface area contributed by atoms with Gasteiger partial charge in [0.25, 0.3) is 5.13 Å². The van der Waals surface area contributed by atoms with E-state index in [4.69, 9.17) is 11.6 Å². The molecular formula is C4H4Cl2F3I. The summed E-state index contributed by atoms with van der Waals surface area (Å²) in [5, 5.41) is -7.10. The molecule has 10 heavy (non-hydrogen) atoms. The number of rotatable bonds is 3. The van der Waals surface area contributed by atoms with Crippen LogP contribution in [-0.2, 0) is 0 Å². The zero-order valence-electron chi connectivity index (χ0n) is 4.68. The highest BCUT2D eigenvalue weighted by atomic mass is 127. The lowest BCUT2D eigenvalue weighted by atomic mass is 10.3. The molecule has 0 rings (SSSR count). The fourth-order valence-corrected chi connectivity index (χ4v) is 1.51. The van der Waals surface area contributed by atoms with E-state index >= 15 is 0 Å². The average Bonchev–Trinajstić information content (AvgIpc) is 1.61. The normalized spacial score (nSPS) is 18.6. The Hall–Kier alpha value is 1.10. The van der Waals surface area contributed by atoms with E-state index < -0.39 is 16.9 Å². The summed E-state index contributed by atoms with van der Waals surface area (Å²) in [7, 11) is 0. The highest BCUT2D eigenvalue weighted by Gasteiger charge is 2.51. The maximum Gasteiger partial charge on any atom is 0.369 e. The standard InChI is InChI=1S/C4H4Cl2F3I/c5-3(7,1-2-10)4(6,8)9/h1-2H2/t3-/m0/s1. The summed E-state index contributed by atoms with van der Waals surface area (Å²) in [4.78, 5) is 0. The van der Waals surface area contributed by atoms with E-state index in [0.717, 1.165) is 0 Å². The molecular weight excluding hydrogens is 303 g/mol. The average molecular weight is 307 g/mol. The molecule has 0 aromatic carbocycles. The zero-order valence-corrected chi connectivity index (χ0v) is 8.35. The Morgan fingerprint density at radius 1 is 1.20 bits per heavy atom. The van der Waals surface area contributed by atoms with E-state index in [1.165, 1.54) is 0 Å². The molecule has 0 heterocycles. The molecule has 0 N–H and O–H groups in total. The van der Waals surface area contributed by atoms with Crippen molar-refractivity contribution in [1.82, 2.24) is 0 Å². The van der Waals surface area contributed by atoms with Crippen LogP contribution < -0.4 is 0 Å². The quantitative estimate of drug-likeness (QED) is 0.552. The van der Waals surface area contributed by atoms with Crippen LogP contribution in [0.5, 0.6) is 0 Å². The van der Waals surface area contributed by atoms with Gasteiger partial charge < -0.3 is 0 Å². The Balaban J connectivity index is 4.10. The highest BCUT2D eigenvalue weighted by molar-refractivity contribution is 14.1. The molecule has 0 amide bonds. The lowest BCUT2D eigenvalue weighted by Gasteiger charge is -2.21. The molecule has 6 heteroatoms. The van der Waals surface area contributed by atoms with Crippen LogP contribution in [-0.4, -0.2) is 14.9 Å². The molecule has 62 valence electrons. The summed E-state index contributed by atoms with van der Waals surface area (Å²) in [6.45, 7) is 0. The predicted molar refractivity (Wildman–Crippen MR) is 44.0 cm³/mol. The highest BCUT2D eigenvalue weighted by Crippen LogP contribution is 2.42. The van der Waals surface area contributed by atoms with Crippen LogP contribution >= 0.6 is 45.8 Å². The van der Waals surface area contributed by atoms with Crippen LogP contribution in [0, 0.1) is 0 Å². The molecule has 0 saturated carbocycles. The van der Waals surface area contributed by atoms with Crippen molar-refractivity contribution in [2.24, 2.45) is 0 Å². The first-order valence-electron chi connectivity index (χ1n) is 2.32. The zero-order chi connectivity index (χ0) is 8.41. The summed E-state index contributed by atoms with van der Waals surface area (Å²) >= 11 is 10.9. The van der Waals surface area contributed by atoms with Gasteiger partial charge in [-0.3, -0.25) is 0 Å². The van der Waals surface area contributed by atoms with Gasteiger partial charge in [-0.2, -0.15) is 8.78 Å². The third-order valence-corrected chi connectivity index (χ3v) is 2.19. The van der Waals surface area contributed by atoms with Crippen molar-refractivity contribution in [3.05, 3.63) is 0 Å². The smallest absolute Gasteiger partial charge is 0.218 e. The van der Waals surface area contributed by atoms with E-state index in [9.17, 15) is 13.2 Å². The van der Waals surface area contributed by atoms with Crippen LogP contribution in [0.4, 0.5) is 13.2 Å². The van der Waals surface area contributed by atoms with E-state index in [0.29, 0.717) is 0 Å². The summed E-state index contributed by atoms with van der Waals surface area (Å²) in [6.07, 6.45) is -0.467. The number of halogens is 6. The lowest BCUT2D eigenvalue weighted by Crippen LogP contribution is -2.34. The van der Waals surface area contributed by atoms with Crippen molar-refractivity contribution in [1.29, 1.82) is 0 Å². The van der Waals surface area contributed by atoms with Gasteiger partial charge in [-0.1, -0.05) is 34.2 Å². The van der Waals surface area contributed by atoms with Crippen molar-refractivity contribution in [3.63, 3.8) is 0 Å². The van der Waals surface area contributed by atoms with E-state index in [2.05, 4.69) is 11.6 Å². The van der Waals surface area contributed by atoms with Crippen LogP contribution in [0.3, 0.4) is 0 Å². The van der Waals surface area contributed by atoms with Gasteiger partial charge in [0.15, 0.2) is 0 Å². The monoisotopic (exact) mass is 306 g/mol. The molecule has 0 fully saturated rings. The first-order valence-corrected chi connectivity index (χ1v) is 4.60. The first-order chi connectivity index (χ1) is 4.31. The number of alkyl halides is 6. The second-order valence-electron chi connectivity index (χ2n) is 1.64. The summed E-state index contributed by atoms with van der Waals surface area (Å²) in [6, 6.07) is 0. The largest absolute Gasteiger partial charge is 0.369 e. The minimum Gasteiger partial charge on any atom is -0.218 e. The Labute approximate surface area is 80.2 Å². The van der Waals surface area contributed by atoms with Crippen molar-refractivity contribution in [2.45, 2.75) is 16.9 Å². The first kappa shape index (κ1) is 11.1. The predicted octanol–water partition coefficient (Wildman–Crippen LogP) is 3.55. The minimum absolute atomic E-state index is 0.195. The number of hydrogen-bond acceptors (Lipinski definition) is 0. The van der Waals surface area contributed by atoms with Crippen LogP contribution in [0.25, 0.3) is 0 Å². The van der Waals surface area contributed by atoms with Gasteiger partial charge in [0.05, 0.1) is 0 Å². The van der Waals surface area contributed by atoms with Gasteiger partial charge in [-0.05, 0) is 11.6 Å². The summed E-state index contributed by atoms with van der Waals surface area (Å²) in [5.41, 5.74) is 0. The van der Waals surface area contributed by atoms with Gasteiger partial charge >= 0.3 is 5.38 Å². The molecule has 0 aliphatic heterocycles. The van der Waals surface area contributed by atoms with E-state index in [1.54, 1.807) is 22.6 Å². The summed E-state index contributed by atoms with van der Waals surface area (Å²) < 4.78 is 36.6. The third kappa shape index (κ3) is 3.00. The molecule has 0 nitrogen and oxygen atoms in total. The maximum absolute atomic E-state index is 12.5. The minimum atomic E-state index is -3.99. The lowest BCUT2D eigenvalue weighted by molar-refractivity contribution is -0.0204. The second kappa shape index (κ2) is 3.67. The van der Waals surface area contributed by atoms with Gasteiger partial charge in [0, 0.05) is 10.8 Å². The molecule has 0 spiro atoms. The molecule has 1 atom stereocenters. The third-order valence-electron chi connectivity index (χ3n) is 0.823. The van der Waals surface area contributed by atoms with Gasteiger partial charge in [-0.15, -0.1) is 0 Å². The van der Waals surface area contributed by atoms with Crippen LogP contribution in [0.15, 0.2) is 0 Å². The Morgan fingerprint density at radius 2 is 1.60 bits per heavy atom. The second-order valence-corrected chi connectivity index (χ2v) is 3.79. The molecule has 0 saturated heterocycles.